The van der Waals surface area contributed by atoms with Gasteiger partial charge in [0.15, 0.2) is 0 Å². The van der Waals surface area contributed by atoms with Crippen molar-refractivity contribution in [2.24, 2.45) is 0 Å². The first-order valence-electron chi connectivity index (χ1n) is 2.99. The van der Waals surface area contributed by atoms with Crippen LogP contribution < -0.4 is 24.0 Å². The van der Waals surface area contributed by atoms with Crippen LogP contribution >= 0.6 is 0 Å². The summed E-state index contributed by atoms with van der Waals surface area (Å²) in [7, 11) is 0.755. The molecule has 0 saturated carbocycles. The highest BCUT2D eigenvalue weighted by Crippen LogP contribution is 1.92. The van der Waals surface area contributed by atoms with Crippen molar-refractivity contribution >= 4 is 10.9 Å². The molecule has 0 rings (SSSR count). The van der Waals surface area contributed by atoms with E-state index in [1.165, 1.54) is 17.3 Å². The van der Waals surface area contributed by atoms with Crippen LogP contribution in [-0.2, 0) is 10.9 Å². The Balaban J connectivity index is 0. The molecule has 0 atom stereocenters. The second-order valence-electron chi connectivity index (χ2n) is 1.48. The Morgan fingerprint density at radius 1 is 0.875 bits per heavy atom. The molecule has 0 aromatic rings. The lowest BCUT2D eigenvalue weighted by Crippen LogP contribution is -3.00. The van der Waals surface area contributed by atoms with E-state index in [0.29, 0.717) is 0 Å². The Labute approximate surface area is 72.8 Å². The standard InChI is InChI=1S/C6H15S.H2I/c1-4-7(5-2)6-3;/h4-6H2,1-3H3;1H2/q2*+1. The first kappa shape index (κ1) is 11.8. The third-order valence-corrected chi connectivity index (χ3v) is 3.67. The van der Waals surface area contributed by atoms with Gasteiger partial charge in [-0.3, -0.25) is 0 Å². The van der Waals surface area contributed by atoms with Gasteiger partial charge in [0, 0.05) is 0 Å². The molecule has 0 amide bonds. The van der Waals surface area contributed by atoms with Crippen LogP contribution in [0.15, 0.2) is 0 Å². The van der Waals surface area contributed by atoms with Crippen molar-refractivity contribution in [1.82, 2.24) is 0 Å². The summed E-state index contributed by atoms with van der Waals surface area (Å²) in [5.74, 6) is 4.15. The average molecular weight is 248 g/mol. The van der Waals surface area contributed by atoms with Gasteiger partial charge in [-0.2, -0.15) is 0 Å². The SMILES string of the molecule is CC[S+](CC)CC.[IH2+]. The van der Waals surface area contributed by atoms with Crippen LogP contribution in [-0.4, -0.2) is 17.3 Å². The highest BCUT2D eigenvalue weighted by molar-refractivity contribution is 7.96. The third kappa shape index (κ3) is 5.22. The second-order valence-corrected chi connectivity index (χ2v) is 4.44. The van der Waals surface area contributed by atoms with Crippen LogP contribution in [0.1, 0.15) is 20.8 Å². The molecular weight excluding hydrogens is 231 g/mol. The van der Waals surface area contributed by atoms with Crippen molar-refractivity contribution in [3.8, 4) is 0 Å². The molecule has 0 unspecified atom stereocenters. The normalized spacial score (nSPS) is 9.00. The zero-order valence-electron chi connectivity index (χ0n) is 5.98. The molecule has 0 aromatic heterocycles. The van der Waals surface area contributed by atoms with E-state index in [-0.39, 0.29) is 24.0 Å². The predicted molar refractivity (Wildman–Crippen MR) is 41.8 cm³/mol. The van der Waals surface area contributed by atoms with Gasteiger partial charge >= 0.3 is 0 Å². The van der Waals surface area contributed by atoms with Gasteiger partial charge in [-0.1, -0.05) is 0 Å². The molecule has 0 nitrogen and oxygen atoms in total. The molecule has 0 aliphatic heterocycles. The molecule has 0 aliphatic carbocycles. The smallest absolute Gasteiger partial charge is 0.0198 e. The van der Waals surface area contributed by atoms with Gasteiger partial charge in [-0.25, -0.2) is 0 Å². The zero-order chi connectivity index (χ0) is 5.70. The maximum Gasteiger partial charge on any atom is 0.235 e. The third-order valence-electron chi connectivity index (χ3n) is 1.22. The molecule has 0 bridgehead atoms. The summed E-state index contributed by atoms with van der Waals surface area (Å²) >= 11 is 0. The van der Waals surface area contributed by atoms with Gasteiger partial charge < -0.3 is 0 Å². The van der Waals surface area contributed by atoms with E-state index in [0.717, 1.165) is 10.9 Å². The molecule has 0 aliphatic rings. The molecule has 0 N–H and O–H groups in total. The maximum atomic E-state index is 2.27. The lowest BCUT2D eigenvalue weighted by Gasteiger charge is -1.96. The zero-order valence-corrected chi connectivity index (χ0v) is 9.35. The molecular formula is C6H17IS+2. The van der Waals surface area contributed by atoms with Crippen LogP contribution in [0.4, 0.5) is 0 Å². The number of halogens is 1. The largest absolute Gasteiger partial charge is 0.235 e. The Morgan fingerprint density at radius 2 is 1.12 bits per heavy atom. The number of hydrogen-bond acceptors (Lipinski definition) is 0. The summed E-state index contributed by atoms with van der Waals surface area (Å²) in [6, 6.07) is 0. The molecule has 2 heteroatoms. The van der Waals surface area contributed by atoms with Crippen molar-refractivity contribution in [3.63, 3.8) is 0 Å². The van der Waals surface area contributed by atoms with Crippen molar-refractivity contribution < 1.29 is 24.0 Å². The highest BCUT2D eigenvalue weighted by Gasteiger charge is 2.05. The van der Waals surface area contributed by atoms with Crippen molar-refractivity contribution in [3.05, 3.63) is 0 Å². The second kappa shape index (κ2) is 8.08. The minimum absolute atomic E-state index is 0. The van der Waals surface area contributed by atoms with Crippen LogP contribution in [0.3, 0.4) is 0 Å². The first-order valence-corrected chi connectivity index (χ1v) is 4.72. The summed E-state index contributed by atoms with van der Waals surface area (Å²) in [5.41, 5.74) is 0. The van der Waals surface area contributed by atoms with Crippen LogP contribution in [0, 0.1) is 0 Å². The van der Waals surface area contributed by atoms with Gasteiger partial charge in [0.05, 0.1) is 0 Å². The van der Waals surface area contributed by atoms with Gasteiger partial charge in [-0.05, 0) is 31.7 Å². The summed E-state index contributed by atoms with van der Waals surface area (Å²) in [5, 5.41) is 0. The van der Waals surface area contributed by atoms with E-state index in [4.69, 9.17) is 0 Å². The fourth-order valence-electron chi connectivity index (χ4n) is 0.612. The molecule has 0 saturated heterocycles. The van der Waals surface area contributed by atoms with Gasteiger partial charge in [0.2, 0.25) is 24.0 Å². The van der Waals surface area contributed by atoms with Crippen LogP contribution in [0.2, 0.25) is 0 Å². The van der Waals surface area contributed by atoms with E-state index in [1.54, 1.807) is 0 Å². The number of rotatable bonds is 3. The minimum atomic E-state index is 0. The van der Waals surface area contributed by atoms with Crippen molar-refractivity contribution in [2.75, 3.05) is 17.3 Å². The summed E-state index contributed by atoms with van der Waals surface area (Å²) in [6.45, 7) is 6.82. The molecule has 52 valence electrons. The molecule has 8 heavy (non-hydrogen) atoms. The van der Waals surface area contributed by atoms with Crippen molar-refractivity contribution in [2.45, 2.75) is 20.8 Å². The Hall–Kier alpha value is 1.08. The average Bonchev–Trinajstić information content (AvgIpc) is 1.72. The fraction of sp³-hybridized carbons (Fsp3) is 1.00. The minimum Gasteiger partial charge on any atom is -0.0198 e. The Morgan fingerprint density at radius 3 is 1.12 bits per heavy atom. The molecule has 0 spiro atoms. The monoisotopic (exact) mass is 248 g/mol. The first-order chi connectivity index (χ1) is 3.35. The van der Waals surface area contributed by atoms with Crippen LogP contribution in [0.25, 0.3) is 0 Å². The predicted octanol–water partition coefficient (Wildman–Crippen LogP) is -1.87. The van der Waals surface area contributed by atoms with Gasteiger partial charge in [-0.15, -0.1) is 0 Å². The topological polar surface area (TPSA) is 0 Å². The van der Waals surface area contributed by atoms with E-state index >= 15 is 0 Å². The maximum absolute atomic E-state index is 2.27. The van der Waals surface area contributed by atoms with E-state index in [2.05, 4.69) is 20.8 Å². The molecule has 0 aromatic carbocycles. The van der Waals surface area contributed by atoms with E-state index in [9.17, 15) is 0 Å². The Bertz CT molecular complexity index is 30.0. The fourth-order valence-corrected chi connectivity index (χ4v) is 1.84. The summed E-state index contributed by atoms with van der Waals surface area (Å²) in [4.78, 5) is 0. The van der Waals surface area contributed by atoms with Crippen molar-refractivity contribution in [1.29, 1.82) is 0 Å². The van der Waals surface area contributed by atoms with E-state index < -0.39 is 0 Å². The summed E-state index contributed by atoms with van der Waals surface area (Å²) in [6.07, 6.45) is 0. The Kier molecular flexibility index (Phi) is 11.9. The molecule has 0 heterocycles. The lowest BCUT2D eigenvalue weighted by atomic mass is 10.9. The van der Waals surface area contributed by atoms with E-state index in [1.807, 2.05) is 0 Å². The molecule has 0 radical (unpaired) electrons. The summed E-state index contributed by atoms with van der Waals surface area (Å²) < 4.78 is 0. The lowest BCUT2D eigenvalue weighted by molar-refractivity contribution is -0.00000167. The molecule has 0 fully saturated rings. The van der Waals surface area contributed by atoms with Crippen LogP contribution in [0.5, 0.6) is 0 Å². The quantitative estimate of drug-likeness (QED) is 0.405. The van der Waals surface area contributed by atoms with Gasteiger partial charge in [0.1, 0.15) is 17.3 Å². The number of hydrogen-bond donors (Lipinski definition) is 0. The highest BCUT2D eigenvalue weighted by atomic mass is 127. The van der Waals surface area contributed by atoms with Gasteiger partial charge in [0.25, 0.3) is 0 Å².